The van der Waals surface area contributed by atoms with E-state index in [1.807, 2.05) is 31.2 Å². The van der Waals surface area contributed by atoms with Gasteiger partial charge in [0, 0.05) is 19.1 Å². The number of benzene rings is 1. The highest BCUT2D eigenvalue weighted by Gasteiger charge is 2.08. The van der Waals surface area contributed by atoms with Crippen molar-refractivity contribution in [2.45, 2.75) is 19.8 Å². The van der Waals surface area contributed by atoms with Crippen LogP contribution in [-0.4, -0.2) is 32.8 Å². The molecule has 4 nitrogen and oxygen atoms in total. The third kappa shape index (κ3) is 6.39. The van der Waals surface area contributed by atoms with E-state index in [4.69, 9.17) is 4.74 Å². The summed E-state index contributed by atoms with van der Waals surface area (Å²) in [5.74, 6) is 0.551. The lowest BCUT2D eigenvalue weighted by atomic mass is 10.2. The van der Waals surface area contributed by atoms with E-state index in [1.54, 1.807) is 0 Å². The highest BCUT2D eigenvalue weighted by molar-refractivity contribution is 7.90. The van der Waals surface area contributed by atoms with Crippen LogP contribution < -0.4 is 4.74 Å². The number of ether oxygens (including phenoxy) is 1. The lowest BCUT2D eigenvalue weighted by Crippen LogP contribution is -2.12. The number of rotatable bonds is 7. The molecule has 0 saturated carbocycles. The predicted octanol–water partition coefficient (Wildman–Crippen LogP) is 1.77. The SMILES string of the molecule is Cc1cccc(OCCC(=O)CCS(C)(=O)=O)c1. The van der Waals surface area contributed by atoms with Gasteiger partial charge < -0.3 is 4.74 Å². The average molecular weight is 270 g/mol. The molecule has 0 amide bonds. The highest BCUT2D eigenvalue weighted by atomic mass is 32.2. The summed E-state index contributed by atoms with van der Waals surface area (Å²) in [5.41, 5.74) is 1.09. The quantitative estimate of drug-likeness (QED) is 0.757. The fraction of sp³-hybridized carbons (Fsp3) is 0.462. The number of aryl methyl sites for hydroxylation is 1. The zero-order valence-corrected chi connectivity index (χ0v) is 11.5. The van der Waals surface area contributed by atoms with E-state index in [1.165, 1.54) is 0 Å². The molecule has 0 heterocycles. The normalized spacial score (nSPS) is 11.2. The Kier molecular flexibility index (Phi) is 5.34. The highest BCUT2D eigenvalue weighted by Crippen LogP contribution is 2.12. The van der Waals surface area contributed by atoms with Gasteiger partial charge in [0.05, 0.1) is 12.4 Å². The molecule has 0 unspecified atom stereocenters. The lowest BCUT2D eigenvalue weighted by molar-refractivity contribution is -0.119. The van der Waals surface area contributed by atoms with Crippen LogP contribution >= 0.6 is 0 Å². The number of hydrogen-bond acceptors (Lipinski definition) is 4. The van der Waals surface area contributed by atoms with Gasteiger partial charge in [0.15, 0.2) is 0 Å². The fourth-order valence-electron chi connectivity index (χ4n) is 1.41. The summed E-state index contributed by atoms with van der Waals surface area (Å²) in [7, 11) is -3.06. The van der Waals surface area contributed by atoms with Gasteiger partial charge in [-0.25, -0.2) is 8.42 Å². The van der Waals surface area contributed by atoms with Crippen molar-refractivity contribution < 1.29 is 17.9 Å². The Morgan fingerprint density at radius 1 is 1.28 bits per heavy atom. The van der Waals surface area contributed by atoms with Crippen molar-refractivity contribution >= 4 is 15.6 Å². The second-order valence-electron chi connectivity index (χ2n) is 4.33. The minimum Gasteiger partial charge on any atom is -0.493 e. The molecule has 5 heteroatoms. The third-order valence-electron chi connectivity index (χ3n) is 2.39. The molecule has 0 aliphatic carbocycles. The Morgan fingerprint density at radius 2 is 2.00 bits per heavy atom. The smallest absolute Gasteiger partial charge is 0.147 e. The molecule has 0 bridgehead atoms. The molecule has 0 radical (unpaired) electrons. The maximum absolute atomic E-state index is 11.4. The van der Waals surface area contributed by atoms with E-state index in [9.17, 15) is 13.2 Å². The van der Waals surface area contributed by atoms with Crippen molar-refractivity contribution in [1.29, 1.82) is 0 Å². The number of hydrogen-bond donors (Lipinski definition) is 0. The molecule has 1 aromatic carbocycles. The first-order chi connectivity index (χ1) is 8.37. The molecule has 1 rings (SSSR count). The summed E-state index contributed by atoms with van der Waals surface area (Å²) in [4.78, 5) is 11.4. The number of carbonyl (C=O) groups is 1. The van der Waals surface area contributed by atoms with Crippen LogP contribution in [0.25, 0.3) is 0 Å². The summed E-state index contributed by atoms with van der Waals surface area (Å²) < 4.78 is 27.2. The van der Waals surface area contributed by atoms with Crippen molar-refractivity contribution in [3.63, 3.8) is 0 Å². The molecule has 0 spiro atoms. The Hall–Kier alpha value is -1.36. The van der Waals surface area contributed by atoms with E-state index >= 15 is 0 Å². The van der Waals surface area contributed by atoms with Crippen LogP contribution in [0, 0.1) is 6.92 Å². The van der Waals surface area contributed by atoms with Crippen LogP contribution in [0.4, 0.5) is 0 Å². The van der Waals surface area contributed by atoms with Crippen LogP contribution in [-0.2, 0) is 14.6 Å². The van der Waals surface area contributed by atoms with Crippen LogP contribution in [0.15, 0.2) is 24.3 Å². The minimum atomic E-state index is -3.06. The summed E-state index contributed by atoms with van der Waals surface area (Å²) in [6, 6.07) is 7.56. The van der Waals surface area contributed by atoms with E-state index in [0.717, 1.165) is 17.6 Å². The zero-order chi connectivity index (χ0) is 13.6. The minimum absolute atomic E-state index is 0.0655. The predicted molar refractivity (Wildman–Crippen MR) is 70.6 cm³/mol. The first-order valence-corrected chi connectivity index (χ1v) is 7.82. The topological polar surface area (TPSA) is 60.4 Å². The zero-order valence-electron chi connectivity index (χ0n) is 10.7. The molecule has 1 aromatic rings. The molecule has 0 aliphatic rings. The number of sulfone groups is 1. The molecule has 0 saturated heterocycles. The van der Waals surface area contributed by atoms with E-state index in [0.29, 0.717) is 0 Å². The van der Waals surface area contributed by atoms with Gasteiger partial charge in [0.25, 0.3) is 0 Å². The number of Topliss-reactive ketones (excluding diaryl/α,β-unsaturated/α-hetero) is 1. The van der Waals surface area contributed by atoms with Gasteiger partial charge in [0.1, 0.15) is 21.4 Å². The van der Waals surface area contributed by atoms with Gasteiger partial charge in [0.2, 0.25) is 0 Å². The molecule has 18 heavy (non-hydrogen) atoms. The Morgan fingerprint density at radius 3 is 2.61 bits per heavy atom. The maximum Gasteiger partial charge on any atom is 0.147 e. The standard InChI is InChI=1S/C13H18O4S/c1-11-4-3-5-13(10-11)17-8-6-12(14)7-9-18(2,15)16/h3-5,10H,6-9H2,1-2H3. The van der Waals surface area contributed by atoms with Crippen molar-refractivity contribution in [1.82, 2.24) is 0 Å². The van der Waals surface area contributed by atoms with Gasteiger partial charge in [-0.05, 0) is 24.6 Å². The monoisotopic (exact) mass is 270 g/mol. The van der Waals surface area contributed by atoms with Gasteiger partial charge in [-0.1, -0.05) is 12.1 Å². The average Bonchev–Trinajstić information content (AvgIpc) is 2.25. The van der Waals surface area contributed by atoms with Crippen LogP contribution in [0.3, 0.4) is 0 Å². The molecular weight excluding hydrogens is 252 g/mol. The first kappa shape index (κ1) is 14.7. The van der Waals surface area contributed by atoms with Crippen LogP contribution in [0.5, 0.6) is 5.75 Å². The van der Waals surface area contributed by atoms with Crippen molar-refractivity contribution in [2.75, 3.05) is 18.6 Å². The van der Waals surface area contributed by atoms with Crippen molar-refractivity contribution in [3.05, 3.63) is 29.8 Å². The fourth-order valence-corrected chi connectivity index (χ4v) is 2.01. The Bertz CT molecular complexity index is 505. The third-order valence-corrected chi connectivity index (χ3v) is 3.34. The second-order valence-corrected chi connectivity index (χ2v) is 6.59. The molecule has 0 N–H and O–H groups in total. The van der Waals surface area contributed by atoms with E-state index in [2.05, 4.69) is 0 Å². The largest absolute Gasteiger partial charge is 0.493 e. The maximum atomic E-state index is 11.4. The molecular formula is C13H18O4S. The second kappa shape index (κ2) is 6.54. The molecule has 0 fully saturated rings. The molecule has 0 aliphatic heterocycles. The van der Waals surface area contributed by atoms with Crippen LogP contribution in [0.1, 0.15) is 18.4 Å². The van der Waals surface area contributed by atoms with Gasteiger partial charge >= 0.3 is 0 Å². The molecule has 100 valence electrons. The number of ketones is 1. The van der Waals surface area contributed by atoms with E-state index in [-0.39, 0.29) is 31.0 Å². The summed E-state index contributed by atoms with van der Waals surface area (Å²) in [6.45, 7) is 2.25. The van der Waals surface area contributed by atoms with Crippen molar-refractivity contribution in [2.24, 2.45) is 0 Å². The van der Waals surface area contributed by atoms with Crippen LogP contribution in [0.2, 0.25) is 0 Å². The summed E-state index contributed by atoms with van der Waals surface area (Å²) >= 11 is 0. The Labute approximate surface area is 108 Å². The lowest BCUT2D eigenvalue weighted by Gasteiger charge is -2.06. The number of carbonyl (C=O) groups excluding carboxylic acids is 1. The Balaban J connectivity index is 2.28. The van der Waals surface area contributed by atoms with Gasteiger partial charge in [-0.15, -0.1) is 0 Å². The van der Waals surface area contributed by atoms with Gasteiger partial charge in [-0.2, -0.15) is 0 Å². The molecule has 0 aromatic heterocycles. The van der Waals surface area contributed by atoms with Crippen molar-refractivity contribution in [3.8, 4) is 5.75 Å². The summed E-state index contributed by atoms with van der Waals surface area (Å²) in [6.07, 6.45) is 1.43. The first-order valence-electron chi connectivity index (χ1n) is 5.76. The summed E-state index contributed by atoms with van der Waals surface area (Å²) in [5, 5.41) is 0. The van der Waals surface area contributed by atoms with Gasteiger partial charge in [-0.3, -0.25) is 4.79 Å². The molecule has 0 atom stereocenters. The van der Waals surface area contributed by atoms with E-state index < -0.39 is 9.84 Å².